The first-order valence-corrected chi connectivity index (χ1v) is 26.8. The van der Waals surface area contributed by atoms with Crippen molar-refractivity contribution in [3.05, 3.63) is 49.6 Å². The smallest absolute Gasteiger partial charge is 0.156 e. The van der Waals surface area contributed by atoms with Crippen molar-refractivity contribution in [3.8, 4) is 0 Å². The third kappa shape index (κ3) is 30.0. The maximum absolute atomic E-state index is 10.8. The van der Waals surface area contributed by atoms with E-state index in [1.165, 1.54) is 36.3 Å². The minimum absolute atomic E-state index is 0. The molecule has 4 nitrogen and oxygen atoms in total. The third-order valence-electron chi connectivity index (χ3n) is 5.57. The Labute approximate surface area is 302 Å². The van der Waals surface area contributed by atoms with Gasteiger partial charge in [-0.2, -0.15) is 0 Å². The van der Waals surface area contributed by atoms with E-state index in [9.17, 15) is 14.7 Å². The van der Waals surface area contributed by atoms with Crippen LogP contribution >= 0.6 is 11.6 Å². The number of ketones is 2. The lowest BCUT2D eigenvalue weighted by Gasteiger charge is -2.28. The number of aliphatic hydroxyl groups excluding tert-OH is 1. The van der Waals surface area contributed by atoms with Crippen LogP contribution in [0.15, 0.2) is 49.6 Å². The Morgan fingerprint density at radius 2 is 1.23 bits per heavy atom. The lowest BCUT2D eigenvalue weighted by Crippen LogP contribution is -2.36. The summed E-state index contributed by atoms with van der Waals surface area (Å²) in [7, 11) is 14.5. The van der Waals surface area contributed by atoms with Gasteiger partial charge in [0, 0.05) is 140 Å². The van der Waals surface area contributed by atoms with Gasteiger partial charge in [0.25, 0.3) is 0 Å². The van der Waals surface area contributed by atoms with Crippen molar-refractivity contribution in [2.75, 3.05) is 12.9 Å². The maximum atomic E-state index is 10.8. The Morgan fingerprint density at radius 1 is 0.860 bits per heavy atom. The van der Waals surface area contributed by atoms with Gasteiger partial charge in [0.05, 0.1) is 6.10 Å². The lowest BCUT2D eigenvalue weighted by atomic mass is 9.85. The second kappa shape index (κ2) is 35.8. The molecule has 0 unspecified atom stereocenters. The van der Waals surface area contributed by atoms with Gasteiger partial charge in [-0.25, -0.2) is 0 Å². The average molecular weight is 823 g/mol. The van der Waals surface area contributed by atoms with Crippen LogP contribution in [0.4, 0.5) is 0 Å². The van der Waals surface area contributed by atoms with E-state index in [1.807, 2.05) is 12.2 Å². The second-order valence-electron chi connectivity index (χ2n) is 8.84. The lowest BCUT2D eigenvalue weighted by molar-refractivity contribution is -0.116. The summed E-state index contributed by atoms with van der Waals surface area (Å²) >= 11 is 14.0. The highest BCUT2D eigenvalue weighted by Crippen LogP contribution is 2.22. The molecule has 0 bridgehead atoms. The topological polar surface area (TPSA) is 57.6 Å². The number of hydrogen-bond donors (Lipinski definition) is 1. The van der Waals surface area contributed by atoms with E-state index < -0.39 is 6.10 Å². The van der Waals surface area contributed by atoms with Gasteiger partial charge in [-0.05, 0) is 58.2 Å². The molecule has 16 heteroatoms. The summed E-state index contributed by atoms with van der Waals surface area (Å²) in [5.41, 5.74) is 0. The van der Waals surface area contributed by atoms with Crippen LogP contribution in [0.25, 0.3) is 0 Å². The van der Waals surface area contributed by atoms with Gasteiger partial charge in [0.15, 0.2) is 11.6 Å². The first-order chi connectivity index (χ1) is 20.0. The van der Waals surface area contributed by atoms with E-state index in [0.29, 0.717) is 36.8 Å². The van der Waals surface area contributed by atoms with Gasteiger partial charge in [0.2, 0.25) is 0 Å². The fourth-order valence-electron chi connectivity index (χ4n) is 3.58. The van der Waals surface area contributed by atoms with E-state index in [-0.39, 0.29) is 24.9 Å². The molecule has 43 heavy (non-hydrogen) atoms. The summed E-state index contributed by atoms with van der Waals surface area (Å²) < 4.78 is 0. The number of allylic oxidation sites excluding steroid dienone is 4. The maximum Gasteiger partial charge on any atom is 0.156 e. The van der Waals surface area contributed by atoms with Gasteiger partial charge in [-0.1, -0.05) is 45.6 Å². The summed E-state index contributed by atoms with van der Waals surface area (Å²) in [5.74, 6) is 1.04. The van der Waals surface area contributed by atoms with Crippen molar-refractivity contribution in [2.45, 2.75) is 80.0 Å². The van der Waals surface area contributed by atoms with Gasteiger partial charge in [-0.15, -0.1) is 24.8 Å². The summed E-state index contributed by atoms with van der Waals surface area (Å²) in [6.07, 6.45) is 12.0. The van der Waals surface area contributed by atoms with Crippen molar-refractivity contribution in [3.63, 3.8) is 0 Å². The van der Waals surface area contributed by atoms with E-state index in [4.69, 9.17) is 0 Å². The number of nitrogens with zero attached hydrogens (tertiary/aromatic N) is 1. The monoisotopic (exact) mass is 821 g/mol. The molecule has 0 fully saturated rings. The molecule has 2 aliphatic rings. The van der Waals surface area contributed by atoms with Gasteiger partial charge < -0.3 is 5.11 Å². The minimum atomic E-state index is -0.518. The summed E-state index contributed by atoms with van der Waals surface area (Å²) in [5, 5.41) is 9.18. The molecule has 0 saturated carbocycles. The number of rotatable bonds is 5. The number of carbonyl (C=O) groups is 2. The van der Waals surface area contributed by atoms with E-state index >= 15 is 0 Å². The van der Waals surface area contributed by atoms with Crippen molar-refractivity contribution >= 4 is 125 Å². The Balaban J connectivity index is -0.000000230. The largest absolute Gasteiger partial charge is 0.388 e. The highest BCUT2D eigenvalue weighted by atomic mass is 35.5. The van der Waals surface area contributed by atoms with Crippen molar-refractivity contribution in [1.82, 2.24) is 4.90 Å². The van der Waals surface area contributed by atoms with Crippen LogP contribution in [0.5, 0.6) is 0 Å². The van der Waals surface area contributed by atoms with Gasteiger partial charge >= 0.3 is 0 Å². The van der Waals surface area contributed by atoms with E-state index in [0.717, 1.165) is 6.54 Å². The number of alkyl halides is 1. The van der Waals surface area contributed by atoms with Gasteiger partial charge in [0.1, 0.15) is 0 Å². The zero-order valence-electron chi connectivity index (χ0n) is 25.0. The summed E-state index contributed by atoms with van der Waals surface area (Å²) in [6, 6.07) is 1.38. The standard InChI is InChI=1S/C9H12O.C8H19N.C8H10O2.CH3Cl.CH4.S11/c1-3-8-6-9(10)5-4-7(8)2;1-6-9(7(2)3)8(4)5;1-2-6-5-7(9)3-4-8(6)10;1-2;;1-3-5-7-9-11-10-8-6-4-2/h3-5,7-8H,1,6H2,2H3;7-8H,6H2,1-5H3;2-4,6,8,10H,1,5H2;1H3;1H4;/t7-,8-;;6-,8-;;;/m1.1.../s1. The second-order valence-corrected chi connectivity index (χ2v) is 24.8. The third-order valence-corrected chi connectivity index (χ3v) is 23.3. The van der Waals surface area contributed by atoms with E-state index in [1.54, 1.807) is 74.3 Å². The molecule has 0 heterocycles. The first-order valence-electron chi connectivity index (χ1n) is 12.7. The fraction of sp³-hybridized carbons (Fsp3) is 0.630. The molecule has 4 atom stereocenters. The highest BCUT2D eigenvalue weighted by Gasteiger charge is 2.20. The molecule has 0 spiro atoms. The van der Waals surface area contributed by atoms with E-state index in [2.05, 4.69) is 93.6 Å². The molecule has 252 valence electrons. The minimum Gasteiger partial charge on any atom is -0.388 e. The van der Waals surface area contributed by atoms with Crippen molar-refractivity contribution in [2.24, 2.45) is 17.8 Å². The predicted octanol–water partition coefficient (Wildman–Crippen LogP) is 6.22. The average Bonchev–Trinajstić information content (AvgIpc) is 2.97. The molecule has 0 aromatic heterocycles. The number of halogens is 1. The van der Waals surface area contributed by atoms with Crippen LogP contribution in [0.2, 0.25) is 0 Å². The molecule has 0 aliphatic heterocycles. The van der Waals surface area contributed by atoms with Crippen LogP contribution < -0.4 is 0 Å². The summed E-state index contributed by atoms with van der Waals surface area (Å²) in [6.45, 7) is 21.6. The van der Waals surface area contributed by atoms with Crippen LogP contribution in [0.3, 0.4) is 0 Å². The number of hydrogen-bond acceptors (Lipinski definition) is 6. The van der Waals surface area contributed by atoms with Crippen molar-refractivity contribution in [1.29, 1.82) is 0 Å². The zero-order chi connectivity index (χ0) is 32.9. The fourth-order valence-corrected chi connectivity index (χ4v) is 22.8. The van der Waals surface area contributed by atoms with Crippen molar-refractivity contribution < 1.29 is 14.7 Å². The molecule has 0 aromatic rings. The van der Waals surface area contributed by atoms with Crippen LogP contribution in [0, 0.1) is 17.8 Å². The molecule has 2 aliphatic carbocycles. The zero-order valence-corrected chi connectivity index (χ0v) is 34.8. The Hall–Kier alpha value is 0.930. The molecule has 0 aromatic carbocycles. The summed E-state index contributed by atoms with van der Waals surface area (Å²) in [4.78, 5) is 24.0. The molecular weight excluding hydrogens is 774 g/mol. The molecule has 0 saturated heterocycles. The molecule has 0 amide bonds. The molecule has 2 rings (SSSR count). The normalized spacial score (nSPS) is 19.4. The van der Waals surface area contributed by atoms with Gasteiger partial charge in [-0.3, -0.25) is 14.5 Å². The number of aliphatic hydroxyl groups is 1. The Kier molecular flexibility index (Phi) is 42.3. The van der Waals surface area contributed by atoms with Crippen LogP contribution in [-0.2, 0) is 112 Å². The predicted molar refractivity (Wildman–Crippen MR) is 222 cm³/mol. The Bertz CT molecular complexity index is 1170. The molecule has 0 radical (unpaired) electrons. The highest BCUT2D eigenvalue weighted by molar-refractivity contribution is 8.74. The molecular formula is C27H48ClNO3S11. The first kappa shape index (κ1) is 50.8. The number of carbonyl (C=O) groups excluding carboxylic acids is 2. The Morgan fingerprint density at radius 3 is 1.51 bits per heavy atom. The molecule has 1 N–H and O–H groups in total. The van der Waals surface area contributed by atoms with Crippen LogP contribution in [0.1, 0.15) is 61.8 Å². The SMILES string of the molecule is C.C=C[C@@H]1CC(=O)C=C[C@H]1C.C=C[C@@H]1CC(=O)C=C[C@H]1O.CCN(C(C)C)C(C)C.CCl.S=S=S=S=S=S=S=S=S=S=S. The van der Waals surface area contributed by atoms with Crippen LogP contribution in [-0.4, -0.2) is 52.7 Å². The quantitative estimate of drug-likeness (QED) is 0.263.